The maximum atomic E-state index is 12.3. The lowest BCUT2D eigenvalue weighted by molar-refractivity contribution is 0.0952. The van der Waals surface area contributed by atoms with Gasteiger partial charge in [0, 0.05) is 16.1 Å². The minimum atomic E-state index is -0.237. The van der Waals surface area contributed by atoms with Crippen LogP contribution in [0.2, 0.25) is 0 Å². The standard InChI is InChI=1S/C17H15BrN2O2/c18-12-7-5-11(6-8-12)16(21)20-15-4-2-1-3-14(15)17(22)19-13-9-10-13/h1-8,13H,9-10H2,(H,19,22)(H,20,21). The Labute approximate surface area is 137 Å². The minimum Gasteiger partial charge on any atom is -0.349 e. The Kier molecular flexibility index (Phi) is 4.24. The Morgan fingerprint density at radius 2 is 1.64 bits per heavy atom. The van der Waals surface area contributed by atoms with Gasteiger partial charge in [0.15, 0.2) is 0 Å². The first-order chi connectivity index (χ1) is 10.6. The normalized spacial score (nSPS) is 13.5. The number of amides is 2. The van der Waals surface area contributed by atoms with Crippen LogP contribution < -0.4 is 10.6 Å². The fourth-order valence-electron chi connectivity index (χ4n) is 2.08. The van der Waals surface area contributed by atoms with Gasteiger partial charge in [0.1, 0.15) is 0 Å². The van der Waals surface area contributed by atoms with E-state index < -0.39 is 0 Å². The van der Waals surface area contributed by atoms with Crippen LogP contribution in [0.15, 0.2) is 53.0 Å². The van der Waals surface area contributed by atoms with Gasteiger partial charge in [0.25, 0.3) is 11.8 Å². The van der Waals surface area contributed by atoms with Crippen LogP contribution in [0, 0.1) is 0 Å². The fourth-order valence-corrected chi connectivity index (χ4v) is 2.34. The molecule has 0 spiro atoms. The molecule has 0 bridgehead atoms. The third-order valence-electron chi connectivity index (χ3n) is 3.44. The van der Waals surface area contributed by atoms with E-state index in [0.717, 1.165) is 17.3 Å². The molecular formula is C17H15BrN2O2. The largest absolute Gasteiger partial charge is 0.349 e. The molecule has 0 radical (unpaired) electrons. The van der Waals surface area contributed by atoms with Gasteiger partial charge in [-0.2, -0.15) is 0 Å². The highest BCUT2D eigenvalue weighted by molar-refractivity contribution is 9.10. The van der Waals surface area contributed by atoms with Crippen molar-refractivity contribution in [1.82, 2.24) is 5.32 Å². The van der Waals surface area contributed by atoms with Gasteiger partial charge in [-0.1, -0.05) is 28.1 Å². The lowest BCUT2D eigenvalue weighted by Crippen LogP contribution is -2.27. The van der Waals surface area contributed by atoms with Crippen molar-refractivity contribution in [2.45, 2.75) is 18.9 Å². The van der Waals surface area contributed by atoms with Gasteiger partial charge in [0.05, 0.1) is 11.3 Å². The second kappa shape index (κ2) is 6.32. The molecule has 0 aliphatic heterocycles. The Bertz CT molecular complexity index is 709. The van der Waals surface area contributed by atoms with Gasteiger partial charge in [-0.3, -0.25) is 9.59 Å². The van der Waals surface area contributed by atoms with Crippen LogP contribution in [-0.2, 0) is 0 Å². The van der Waals surface area contributed by atoms with E-state index >= 15 is 0 Å². The van der Waals surface area contributed by atoms with Crippen molar-refractivity contribution in [3.05, 3.63) is 64.1 Å². The molecule has 1 aliphatic carbocycles. The topological polar surface area (TPSA) is 58.2 Å². The molecule has 0 saturated heterocycles. The third-order valence-corrected chi connectivity index (χ3v) is 3.97. The van der Waals surface area contributed by atoms with Crippen LogP contribution in [0.3, 0.4) is 0 Å². The van der Waals surface area contributed by atoms with E-state index in [1.165, 1.54) is 0 Å². The molecule has 4 nitrogen and oxygen atoms in total. The molecule has 2 aromatic rings. The van der Waals surface area contributed by atoms with E-state index in [0.29, 0.717) is 16.8 Å². The molecule has 5 heteroatoms. The molecular weight excluding hydrogens is 344 g/mol. The summed E-state index contributed by atoms with van der Waals surface area (Å²) in [5.41, 5.74) is 1.55. The van der Waals surface area contributed by atoms with E-state index in [-0.39, 0.29) is 17.9 Å². The molecule has 1 aliphatic rings. The monoisotopic (exact) mass is 358 g/mol. The highest BCUT2D eigenvalue weighted by Crippen LogP contribution is 2.22. The second-order valence-corrected chi connectivity index (χ2v) is 6.17. The van der Waals surface area contributed by atoms with E-state index in [1.807, 2.05) is 0 Å². The smallest absolute Gasteiger partial charge is 0.255 e. The number of carbonyl (C=O) groups is 2. The molecule has 1 fully saturated rings. The number of hydrogen-bond donors (Lipinski definition) is 2. The number of hydrogen-bond acceptors (Lipinski definition) is 2. The van der Waals surface area contributed by atoms with Crippen molar-refractivity contribution >= 4 is 33.4 Å². The van der Waals surface area contributed by atoms with Gasteiger partial charge in [0.2, 0.25) is 0 Å². The molecule has 0 heterocycles. The Balaban J connectivity index is 1.78. The Hall–Kier alpha value is -2.14. The van der Waals surface area contributed by atoms with Gasteiger partial charge in [-0.25, -0.2) is 0 Å². The quantitative estimate of drug-likeness (QED) is 0.877. The summed E-state index contributed by atoms with van der Waals surface area (Å²) < 4.78 is 0.910. The summed E-state index contributed by atoms with van der Waals surface area (Å²) in [6.45, 7) is 0. The summed E-state index contributed by atoms with van der Waals surface area (Å²) in [6.07, 6.45) is 2.05. The molecule has 0 unspecified atom stereocenters. The minimum absolute atomic E-state index is 0.144. The molecule has 22 heavy (non-hydrogen) atoms. The molecule has 112 valence electrons. The molecule has 2 N–H and O–H groups in total. The van der Waals surface area contributed by atoms with Crippen molar-refractivity contribution in [3.8, 4) is 0 Å². The number of carbonyl (C=O) groups excluding carboxylic acids is 2. The molecule has 3 rings (SSSR count). The van der Waals surface area contributed by atoms with E-state index in [1.54, 1.807) is 48.5 Å². The van der Waals surface area contributed by atoms with Crippen molar-refractivity contribution in [1.29, 1.82) is 0 Å². The van der Waals surface area contributed by atoms with Crippen molar-refractivity contribution < 1.29 is 9.59 Å². The summed E-state index contributed by atoms with van der Waals surface area (Å²) in [5.74, 6) is -0.381. The lowest BCUT2D eigenvalue weighted by atomic mass is 10.1. The number of halogens is 1. The van der Waals surface area contributed by atoms with Crippen LogP contribution in [0.4, 0.5) is 5.69 Å². The number of para-hydroxylation sites is 1. The zero-order chi connectivity index (χ0) is 15.5. The summed E-state index contributed by atoms with van der Waals surface area (Å²) in [7, 11) is 0. The maximum Gasteiger partial charge on any atom is 0.255 e. The van der Waals surface area contributed by atoms with Crippen molar-refractivity contribution in [2.24, 2.45) is 0 Å². The Morgan fingerprint density at radius 3 is 2.32 bits per heavy atom. The number of benzene rings is 2. The molecule has 0 atom stereocenters. The molecule has 2 amide bonds. The fraction of sp³-hybridized carbons (Fsp3) is 0.176. The van der Waals surface area contributed by atoms with Gasteiger partial charge in [-0.05, 0) is 49.2 Å². The predicted molar refractivity (Wildman–Crippen MR) is 89.0 cm³/mol. The van der Waals surface area contributed by atoms with Gasteiger partial charge < -0.3 is 10.6 Å². The van der Waals surface area contributed by atoms with Crippen LogP contribution in [0.25, 0.3) is 0 Å². The number of rotatable bonds is 4. The summed E-state index contributed by atoms with van der Waals surface area (Å²) in [5, 5.41) is 5.74. The third kappa shape index (κ3) is 3.54. The van der Waals surface area contributed by atoms with Crippen LogP contribution in [-0.4, -0.2) is 17.9 Å². The summed E-state index contributed by atoms with van der Waals surface area (Å²) in [6, 6.07) is 14.4. The number of nitrogens with one attached hydrogen (secondary N) is 2. The maximum absolute atomic E-state index is 12.3. The average Bonchev–Trinajstić information content (AvgIpc) is 3.32. The summed E-state index contributed by atoms with van der Waals surface area (Å²) in [4.78, 5) is 24.5. The van der Waals surface area contributed by atoms with E-state index in [4.69, 9.17) is 0 Å². The predicted octanol–water partition coefficient (Wildman–Crippen LogP) is 3.59. The Morgan fingerprint density at radius 1 is 0.955 bits per heavy atom. The zero-order valence-corrected chi connectivity index (χ0v) is 13.4. The molecule has 2 aromatic carbocycles. The van der Waals surface area contributed by atoms with Crippen LogP contribution in [0.5, 0.6) is 0 Å². The first kappa shape index (κ1) is 14.8. The van der Waals surface area contributed by atoms with Crippen molar-refractivity contribution in [3.63, 3.8) is 0 Å². The summed E-state index contributed by atoms with van der Waals surface area (Å²) >= 11 is 3.34. The zero-order valence-electron chi connectivity index (χ0n) is 11.8. The molecule has 0 aromatic heterocycles. The SMILES string of the molecule is O=C(Nc1ccccc1C(=O)NC1CC1)c1ccc(Br)cc1. The highest BCUT2D eigenvalue weighted by Gasteiger charge is 2.25. The van der Waals surface area contributed by atoms with Gasteiger partial charge >= 0.3 is 0 Å². The average molecular weight is 359 g/mol. The second-order valence-electron chi connectivity index (χ2n) is 5.25. The van der Waals surface area contributed by atoms with E-state index in [9.17, 15) is 9.59 Å². The first-order valence-electron chi connectivity index (χ1n) is 7.10. The van der Waals surface area contributed by atoms with Crippen LogP contribution in [0.1, 0.15) is 33.6 Å². The van der Waals surface area contributed by atoms with Crippen molar-refractivity contribution in [2.75, 3.05) is 5.32 Å². The lowest BCUT2D eigenvalue weighted by Gasteiger charge is -2.11. The number of anilines is 1. The van der Waals surface area contributed by atoms with Crippen LogP contribution >= 0.6 is 15.9 Å². The first-order valence-corrected chi connectivity index (χ1v) is 7.89. The highest BCUT2D eigenvalue weighted by atomic mass is 79.9. The van der Waals surface area contributed by atoms with E-state index in [2.05, 4.69) is 26.6 Å². The van der Waals surface area contributed by atoms with Gasteiger partial charge in [-0.15, -0.1) is 0 Å². The molecule has 1 saturated carbocycles.